The van der Waals surface area contributed by atoms with Gasteiger partial charge >= 0.3 is 0 Å². The fourth-order valence-corrected chi connectivity index (χ4v) is 1.16. The molecule has 0 amide bonds. The van der Waals surface area contributed by atoms with Crippen LogP contribution in [0.2, 0.25) is 0 Å². The largest absolute Gasteiger partial charge is 0.0892 e. The highest BCUT2D eigenvalue weighted by Crippen LogP contribution is 2.25. The fourth-order valence-electron chi connectivity index (χ4n) is 0.931. The Balaban J connectivity index is 2.60. The molecule has 0 bridgehead atoms. The molecule has 0 aromatic heterocycles. The highest BCUT2D eigenvalue weighted by molar-refractivity contribution is 6.30. The van der Waals surface area contributed by atoms with Crippen LogP contribution in [-0.4, -0.2) is 0 Å². The zero-order chi connectivity index (χ0) is 5.98. The second-order valence-corrected chi connectivity index (χ2v) is 2.67. The SMILES string of the molecule is [CH2]C1=C(Cl)CCCC1. The van der Waals surface area contributed by atoms with E-state index in [0.717, 1.165) is 23.4 Å². The monoisotopic (exact) mass is 129 g/mol. The molecule has 45 valence electrons. The van der Waals surface area contributed by atoms with Crippen LogP contribution in [0, 0.1) is 6.92 Å². The van der Waals surface area contributed by atoms with E-state index >= 15 is 0 Å². The first-order chi connectivity index (χ1) is 3.80. The van der Waals surface area contributed by atoms with Gasteiger partial charge in [-0.25, -0.2) is 0 Å². The first-order valence-electron chi connectivity index (χ1n) is 3.00. The molecule has 0 spiro atoms. The third-order valence-corrected chi connectivity index (χ3v) is 1.96. The molecule has 8 heavy (non-hydrogen) atoms. The Kier molecular flexibility index (Phi) is 1.95. The molecule has 0 saturated heterocycles. The summed E-state index contributed by atoms with van der Waals surface area (Å²) in [5.74, 6) is 0. The van der Waals surface area contributed by atoms with Crippen LogP contribution in [0.3, 0.4) is 0 Å². The van der Waals surface area contributed by atoms with E-state index in [-0.39, 0.29) is 0 Å². The number of allylic oxidation sites excluding steroid dienone is 2. The summed E-state index contributed by atoms with van der Waals surface area (Å²) < 4.78 is 0. The molecular formula is C7H10Cl. The van der Waals surface area contributed by atoms with Gasteiger partial charge in [-0.05, 0) is 32.6 Å². The molecule has 0 heterocycles. The van der Waals surface area contributed by atoms with E-state index in [1.54, 1.807) is 0 Å². The molecule has 0 aromatic rings. The molecule has 0 N–H and O–H groups in total. The zero-order valence-electron chi connectivity index (χ0n) is 4.91. The average Bonchev–Trinajstić information content (AvgIpc) is 1.77. The summed E-state index contributed by atoms with van der Waals surface area (Å²) in [6.07, 6.45) is 4.69. The maximum atomic E-state index is 5.78. The fraction of sp³-hybridized carbons (Fsp3) is 0.571. The van der Waals surface area contributed by atoms with Crippen molar-refractivity contribution < 1.29 is 0 Å². The Hall–Kier alpha value is 0.0300. The van der Waals surface area contributed by atoms with Crippen LogP contribution in [-0.2, 0) is 0 Å². The molecular weight excluding hydrogens is 120 g/mol. The minimum Gasteiger partial charge on any atom is -0.0892 e. The van der Waals surface area contributed by atoms with Gasteiger partial charge in [-0.15, -0.1) is 0 Å². The second kappa shape index (κ2) is 2.54. The summed E-state index contributed by atoms with van der Waals surface area (Å²) in [6, 6.07) is 0. The summed E-state index contributed by atoms with van der Waals surface area (Å²) in [5.41, 5.74) is 1.15. The predicted molar refractivity (Wildman–Crippen MR) is 36.7 cm³/mol. The van der Waals surface area contributed by atoms with E-state index in [2.05, 4.69) is 6.92 Å². The zero-order valence-corrected chi connectivity index (χ0v) is 5.67. The van der Waals surface area contributed by atoms with E-state index in [9.17, 15) is 0 Å². The normalized spacial score (nSPS) is 21.8. The summed E-state index contributed by atoms with van der Waals surface area (Å²) in [6.45, 7) is 3.83. The molecule has 1 rings (SSSR count). The van der Waals surface area contributed by atoms with Gasteiger partial charge < -0.3 is 0 Å². The van der Waals surface area contributed by atoms with Crippen LogP contribution < -0.4 is 0 Å². The number of halogens is 1. The molecule has 0 atom stereocenters. The highest BCUT2D eigenvalue weighted by Gasteiger charge is 2.04. The summed E-state index contributed by atoms with van der Waals surface area (Å²) in [7, 11) is 0. The Morgan fingerprint density at radius 3 is 2.25 bits per heavy atom. The third kappa shape index (κ3) is 1.25. The number of hydrogen-bond donors (Lipinski definition) is 0. The lowest BCUT2D eigenvalue weighted by atomic mass is 10.0. The second-order valence-electron chi connectivity index (χ2n) is 2.22. The van der Waals surface area contributed by atoms with Crippen molar-refractivity contribution in [1.29, 1.82) is 0 Å². The van der Waals surface area contributed by atoms with Crippen LogP contribution in [0.1, 0.15) is 25.7 Å². The minimum absolute atomic E-state index is 0.997. The summed E-state index contributed by atoms with van der Waals surface area (Å²) in [4.78, 5) is 0. The number of rotatable bonds is 0. The highest BCUT2D eigenvalue weighted by atomic mass is 35.5. The van der Waals surface area contributed by atoms with E-state index in [4.69, 9.17) is 11.6 Å². The van der Waals surface area contributed by atoms with Crippen molar-refractivity contribution in [1.82, 2.24) is 0 Å². The molecule has 1 radical (unpaired) electrons. The lowest BCUT2D eigenvalue weighted by Gasteiger charge is -2.10. The van der Waals surface area contributed by atoms with Crippen LogP contribution in [0.4, 0.5) is 0 Å². The van der Waals surface area contributed by atoms with Gasteiger partial charge in [0.15, 0.2) is 0 Å². The van der Waals surface area contributed by atoms with Crippen LogP contribution in [0.5, 0.6) is 0 Å². The molecule has 0 aromatic carbocycles. The molecule has 1 heteroatoms. The molecule has 0 saturated carbocycles. The lowest BCUT2D eigenvalue weighted by molar-refractivity contribution is 0.703. The Labute approximate surface area is 55.5 Å². The van der Waals surface area contributed by atoms with Crippen LogP contribution >= 0.6 is 11.6 Å². The first-order valence-corrected chi connectivity index (χ1v) is 3.38. The van der Waals surface area contributed by atoms with Gasteiger partial charge in [-0.2, -0.15) is 0 Å². The number of hydrogen-bond acceptors (Lipinski definition) is 0. The van der Waals surface area contributed by atoms with E-state index in [0.29, 0.717) is 0 Å². The van der Waals surface area contributed by atoms with Gasteiger partial charge in [-0.3, -0.25) is 0 Å². The molecule has 0 unspecified atom stereocenters. The molecule has 0 fully saturated rings. The Morgan fingerprint density at radius 1 is 1.25 bits per heavy atom. The van der Waals surface area contributed by atoms with Crippen LogP contribution in [0.25, 0.3) is 0 Å². The van der Waals surface area contributed by atoms with Crippen LogP contribution in [0.15, 0.2) is 10.6 Å². The predicted octanol–water partition coefficient (Wildman–Crippen LogP) is 2.89. The van der Waals surface area contributed by atoms with Crippen molar-refractivity contribution in [2.24, 2.45) is 0 Å². The van der Waals surface area contributed by atoms with Crippen molar-refractivity contribution in [2.75, 3.05) is 0 Å². The maximum Gasteiger partial charge on any atom is 0.0173 e. The van der Waals surface area contributed by atoms with Crippen molar-refractivity contribution in [3.8, 4) is 0 Å². The minimum atomic E-state index is 0.997. The Bertz CT molecular complexity index is 99.6. The third-order valence-electron chi connectivity index (χ3n) is 1.51. The van der Waals surface area contributed by atoms with Gasteiger partial charge in [0.1, 0.15) is 0 Å². The van der Waals surface area contributed by atoms with Gasteiger partial charge in [0.05, 0.1) is 0 Å². The van der Waals surface area contributed by atoms with E-state index < -0.39 is 0 Å². The Morgan fingerprint density at radius 2 is 1.88 bits per heavy atom. The van der Waals surface area contributed by atoms with Gasteiger partial charge in [-0.1, -0.05) is 17.2 Å². The summed E-state index contributed by atoms with van der Waals surface area (Å²) >= 11 is 5.78. The molecule has 0 nitrogen and oxygen atoms in total. The first kappa shape index (κ1) is 6.15. The molecule has 0 aliphatic heterocycles. The van der Waals surface area contributed by atoms with Gasteiger partial charge in [0.25, 0.3) is 0 Å². The average molecular weight is 130 g/mol. The molecule has 1 aliphatic rings. The maximum absolute atomic E-state index is 5.78. The topological polar surface area (TPSA) is 0 Å². The smallest absolute Gasteiger partial charge is 0.0173 e. The molecule has 1 aliphatic carbocycles. The van der Waals surface area contributed by atoms with Crippen molar-refractivity contribution in [2.45, 2.75) is 25.7 Å². The van der Waals surface area contributed by atoms with E-state index in [1.807, 2.05) is 0 Å². The van der Waals surface area contributed by atoms with Crippen molar-refractivity contribution >= 4 is 11.6 Å². The van der Waals surface area contributed by atoms with Crippen molar-refractivity contribution in [3.63, 3.8) is 0 Å². The van der Waals surface area contributed by atoms with Gasteiger partial charge in [0, 0.05) is 5.03 Å². The van der Waals surface area contributed by atoms with Gasteiger partial charge in [0.2, 0.25) is 0 Å². The van der Waals surface area contributed by atoms with Crippen molar-refractivity contribution in [3.05, 3.63) is 17.5 Å². The van der Waals surface area contributed by atoms with E-state index in [1.165, 1.54) is 12.8 Å². The quantitative estimate of drug-likeness (QED) is 0.472. The lowest BCUT2D eigenvalue weighted by Crippen LogP contribution is -1.91. The summed E-state index contributed by atoms with van der Waals surface area (Å²) in [5, 5.41) is 0.997. The standard InChI is InChI=1S/C7H10Cl/c1-6-4-2-3-5-7(6)8/h1-5H2.